The second-order valence-electron chi connectivity index (χ2n) is 4.11. The summed E-state index contributed by atoms with van der Waals surface area (Å²) < 4.78 is 27.2. The van der Waals surface area contributed by atoms with E-state index in [4.69, 9.17) is 5.11 Å². The molecule has 2 amide bonds. The third kappa shape index (κ3) is 5.12. The molecule has 7 heteroatoms. The molecule has 3 N–H and O–H groups in total. The van der Waals surface area contributed by atoms with Gasteiger partial charge in [0, 0.05) is 17.1 Å². The van der Waals surface area contributed by atoms with Crippen LogP contribution in [0.4, 0.5) is 19.3 Å². The number of amides is 2. The number of carbonyl (C=O) groups excluding carboxylic acids is 1. The highest BCUT2D eigenvalue weighted by Crippen LogP contribution is 2.23. The molecule has 1 rings (SSSR count). The van der Waals surface area contributed by atoms with Gasteiger partial charge in [-0.25, -0.2) is 13.6 Å². The summed E-state index contributed by atoms with van der Waals surface area (Å²) in [5.41, 5.74) is -0.491. The van der Waals surface area contributed by atoms with Crippen molar-refractivity contribution in [1.29, 1.82) is 0 Å². The molecule has 0 saturated heterocycles. The first-order chi connectivity index (χ1) is 8.93. The SMILES string of the molecule is CC(CCCO)NC(=O)Nc1c(F)cc(Br)cc1F. The standard InChI is InChI=1S/C12H15BrF2N2O2/c1-7(3-2-4-18)16-12(19)17-11-9(14)5-8(13)6-10(11)15/h5-7,18H,2-4H2,1H3,(H2,16,17,19). The Labute approximate surface area is 118 Å². The molecule has 0 fully saturated rings. The Morgan fingerprint density at radius 3 is 2.53 bits per heavy atom. The van der Waals surface area contributed by atoms with E-state index in [0.29, 0.717) is 12.8 Å². The number of aliphatic hydroxyl groups is 1. The van der Waals surface area contributed by atoms with Crippen molar-refractivity contribution in [3.05, 3.63) is 28.2 Å². The third-order valence-electron chi connectivity index (χ3n) is 2.42. The zero-order valence-electron chi connectivity index (χ0n) is 10.3. The summed E-state index contributed by atoms with van der Waals surface area (Å²) >= 11 is 2.95. The van der Waals surface area contributed by atoms with Gasteiger partial charge >= 0.3 is 6.03 Å². The van der Waals surface area contributed by atoms with Crippen molar-refractivity contribution in [3.63, 3.8) is 0 Å². The van der Waals surface area contributed by atoms with Crippen molar-refractivity contribution >= 4 is 27.6 Å². The van der Waals surface area contributed by atoms with Crippen LogP contribution in [0.1, 0.15) is 19.8 Å². The molecule has 1 atom stereocenters. The molecule has 0 bridgehead atoms. The number of aliphatic hydroxyl groups excluding tert-OH is 1. The Bertz CT molecular complexity index is 434. The summed E-state index contributed by atoms with van der Waals surface area (Å²) in [6.07, 6.45) is 1.12. The van der Waals surface area contributed by atoms with Crippen molar-refractivity contribution in [1.82, 2.24) is 5.32 Å². The van der Waals surface area contributed by atoms with E-state index in [1.165, 1.54) is 0 Å². The van der Waals surface area contributed by atoms with E-state index >= 15 is 0 Å². The first kappa shape index (κ1) is 15.8. The van der Waals surface area contributed by atoms with Crippen LogP contribution < -0.4 is 10.6 Å². The van der Waals surface area contributed by atoms with Gasteiger partial charge in [-0.2, -0.15) is 0 Å². The number of carbonyl (C=O) groups is 1. The molecule has 0 aromatic heterocycles. The number of halogens is 3. The van der Waals surface area contributed by atoms with Gasteiger partial charge in [-0.1, -0.05) is 15.9 Å². The summed E-state index contributed by atoms with van der Waals surface area (Å²) in [5, 5.41) is 13.3. The van der Waals surface area contributed by atoms with Crippen molar-refractivity contribution in [2.24, 2.45) is 0 Å². The van der Waals surface area contributed by atoms with E-state index < -0.39 is 23.4 Å². The lowest BCUT2D eigenvalue weighted by Gasteiger charge is -2.14. The smallest absolute Gasteiger partial charge is 0.319 e. The second-order valence-corrected chi connectivity index (χ2v) is 5.03. The quantitative estimate of drug-likeness (QED) is 0.774. The van der Waals surface area contributed by atoms with Crippen LogP contribution >= 0.6 is 15.9 Å². The molecule has 0 aliphatic rings. The monoisotopic (exact) mass is 336 g/mol. The molecule has 0 spiro atoms. The lowest BCUT2D eigenvalue weighted by atomic mass is 10.2. The van der Waals surface area contributed by atoms with Gasteiger partial charge < -0.3 is 15.7 Å². The maximum absolute atomic E-state index is 13.5. The maximum atomic E-state index is 13.5. The molecule has 0 aliphatic heterocycles. The lowest BCUT2D eigenvalue weighted by molar-refractivity contribution is 0.245. The molecule has 1 aromatic rings. The van der Waals surface area contributed by atoms with Gasteiger partial charge in [0.25, 0.3) is 0 Å². The molecular weight excluding hydrogens is 322 g/mol. The predicted octanol–water partition coefficient (Wildman–Crippen LogP) is 3.01. The Morgan fingerprint density at radius 1 is 1.42 bits per heavy atom. The zero-order valence-corrected chi connectivity index (χ0v) is 11.9. The molecule has 1 aromatic carbocycles. The average molecular weight is 337 g/mol. The van der Waals surface area contributed by atoms with Crippen molar-refractivity contribution < 1.29 is 18.7 Å². The largest absolute Gasteiger partial charge is 0.396 e. The van der Waals surface area contributed by atoms with Crippen LogP contribution in [0.15, 0.2) is 16.6 Å². The molecule has 0 heterocycles. The van der Waals surface area contributed by atoms with Gasteiger partial charge in [0.1, 0.15) is 5.69 Å². The van der Waals surface area contributed by atoms with Crippen LogP contribution in [0.3, 0.4) is 0 Å². The molecular formula is C12H15BrF2N2O2. The van der Waals surface area contributed by atoms with Crippen molar-refractivity contribution in [2.75, 3.05) is 11.9 Å². The number of benzene rings is 1. The highest BCUT2D eigenvalue weighted by atomic mass is 79.9. The number of rotatable bonds is 5. The van der Waals surface area contributed by atoms with E-state index in [9.17, 15) is 13.6 Å². The van der Waals surface area contributed by atoms with Crippen LogP contribution in [-0.4, -0.2) is 23.8 Å². The topological polar surface area (TPSA) is 61.4 Å². The zero-order chi connectivity index (χ0) is 14.4. The van der Waals surface area contributed by atoms with E-state index in [-0.39, 0.29) is 17.1 Å². The second kappa shape index (κ2) is 7.40. The van der Waals surface area contributed by atoms with Gasteiger partial charge in [0.05, 0.1) is 0 Å². The first-order valence-corrected chi connectivity index (χ1v) is 6.56. The fraction of sp³-hybridized carbons (Fsp3) is 0.417. The number of urea groups is 1. The molecule has 106 valence electrons. The Morgan fingerprint density at radius 2 is 2.00 bits per heavy atom. The fourth-order valence-corrected chi connectivity index (χ4v) is 1.91. The Kier molecular flexibility index (Phi) is 6.17. The molecule has 0 saturated carbocycles. The number of hydrogen-bond acceptors (Lipinski definition) is 2. The van der Waals surface area contributed by atoms with E-state index in [0.717, 1.165) is 12.1 Å². The minimum Gasteiger partial charge on any atom is -0.396 e. The van der Waals surface area contributed by atoms with Gasteiger partial charge in [0.2, 0.25) is 0 Å². The van der Waals surface area contributed by atoms with Crippen LogP contribution in [0.25, 0.3) is 0 Å². The number of anilines is 1. The maximum Gasteiger partial charge on any atom is 0.319 e. The van der Waals surface area contributed by atoms with Gasteiger partial charge in [-0.3, -0.25) is 0 Å². The summed E-state index contributed by atoms with van der Waals surface area (Å²) in [4.78, 5) is 11.5. The summed E-state index contributed by atoms with van der Waals surface area (Å²) in [6.45, 7) is 1.77. The van der Waals surface area contributed by atoms with E-state index in [1.54, 1.807) is 6.92 Å². The molecule has 4 nitrogen and oxygen atoms in total. The van der Waals surface area contributed by atoms with Crippen molar-refractivity contribution in [3.8, 4) is 0 Å². The van der Waals surface area contributed by atoms with E-state index in [2.05, 4.69) is 26.6 Å². The summed E-state index contributed by atoms with van der Waals surface area (Å²) in [7, 11) is 0. The molecule has 0 aliphatic carbocycles. The first-order valence-electron chi connectivity index (χ1n) is 5.77. The van der Waals surface area contributed by atoms with Gasteiger partial charge in [-0.05, 0) is 31.9 Å². The van der Waals surface area contributed by atoms with Gasteiger partial charge in [-0.15, -0.1) is 0 Å². The van der Waals surface area contributed by atoms with Gasteiger partial charge in [0.15, 0.2) is 11.6 Å². The van der Waals surface area contributed by atoms with Crippen molar-refractivity contribution in [2.45, 2.75) is 25.8 Å². The molecule has 1 unspecified atom stereocenters. The normalized spacial score (nSPS) is 12.1. The Hall–Kier alpha value is -1.21. The molecule has 0 radical (unpaired) electrons. The summed E-state index contributed by atoms with van der Waals surface area (Å²) in [6, 6.07) is 1.24. The highest BCUT2D eigenvalue weighted by molar-refractivity contribution is 9.10. The minimum atomic E-state index is -0.856. The molecule has 19 heavy (non-hydrogen) atoms. The third-order valence-corrected chi connectivity index (χ3v) is 2.88. The van der Waals surface area contributed by atoms with Crippen LogP contribution in [0.2, 0.25) is 0 Å². The van der Waals surface area contributed by atoms with E-state index in [1.807, 2.05) is 0 Å². The number of hydrogen-bond donors (Lipinski definition) is 3. The van der Waals surface area contributed by atoms with Crippen LogP contribution in [0.5, 0.6) is 0 Å². The Balaban J connectivity index is 2.62. The summed E-state index contributed by atoms with van der Waals surface area (Å²) in [5.74, 6) is -1.71. The number of nitrogens with one attached hydrogen (secondary N) is 2. The lowest BCUT2D eigenvalue weighted by Crippen LogP contribution is -2.36. The minimum absolute atomic E-state index is 0.0314. The predicted molar refractivity (Wildman–Crippen MR) is 72.0 cm³/mol. The highest BCUT2D eigenvalue weighted by Gasteiger charge is 2.14. The average Bonchev–Trinajstić information content (AvgIpc) is 2.31. The van der Waals surface area contributed by atoms with Crippen LogP contribution in [-0.2, 0) is 0 Å². The van der Waals surface area contributed by atoms with Crippen LogP contribution in [0, 0.1) is 11.6 Å². The fourth-order valence-electron chi connectivity index (χ4n) is 1.50.